The number of hydrogen-bond donors (Lipinski definition) is 2. The van der Waals surface area contributed by atoms with Gasteiger partial charge in [-0.15, -0.1) is 0 Å². The average molecular weight is 232 g/mol. The Morgan fingerprint density at radius 3 is 2.71 bits per heavy atom. The van der Waals surface area contributed by atoms with Gasteiger partial charge in [0.2, 0.25) is 0 Å². The van der Waals surface area contributed by atoms with Crippen LogP contribution in [0.1, 0.15) is 29.5 Å². The van der Waals surface area contributed by atoms with Gasteiger partial charge in [-0.05, 0) is 63.4 Å². The summed E-state index contributed by atoms with van der Waals surface area (Å²) in [4.78, 5) is 0. The number of nitrogens with one attached hydrogen (secondary N) is 2. The van der Waals surface area contributed by atoms with E-state index in [-0.39, 0.29) is 0 Å². The predicted octanol–water partition coefficient (Wildman–Crippen LogP) is 2.39. The van der Waals surface area contributed by atoms with Crippen LogP contribution >= 0.6 is 0 Å². The Morgan fingerprint density at radius 2 is 2.00 bits per heavy atom. The molecule has 0 aromatic heterocycles. The number of rotatable bonds is 4. The van der Waals surface area contributed by atoms with Gasteiger partial charge in [0.05, 0.1) is 0 Å². The van der Waals surface area contributed by atoms with Crippen LogP contribution in [-0.2, 0) is 6.54 Å². The van der Waals surface area contributed by atoms with Gasteiger partial charge >= 0.3 is 0 Å². The highest BCUT2D eigenvalue weighted by Crippen LogP contribution is 2.12. The third kappa shape index (κ3) is 3.83. The lowest BCUT2D eigenvalue weighted by Gasteiger charge is -2.23. The first-order valence-corrected chi connectivity index (χ1v) is 6.73. The smallest absolute Gasteiger partial charge is 0.0208 e. The van der Waals surface area contributed by atoms with Crippen molar-refractivity contribution in [3.8, 4) is 0 Å². The summed E-state index contributed by atoms with van der Waals surface area (Å²) in [6, 6.07) is 6.72. The second kappa shape index (κ2) is 6.18. The standard InChI is InChI=1S/C15H24N2/c1-12-3-4-15(13(2)9-12)11-17-10-14-5-7-16-8-6-14/h3-4,9,14,16-17H,5-8,10-11H2,1-2H3. The van der Waals surface area contributed by atoms with Gasteiger partial charge in [-0.25, -0.2) is 0 Å². The van der Waals surface area contributed by atoms with Crippen molar-refractivity contribution in [3.63, 3.8) is 0 Å². The first kappa shape index (κ1) is 12.6. The fourth-order valence-electron chi connectivity index (χ4n) is 2.54. The Labute approximate surface area is 105 Å². The van der Waals surface area contributed by atoms with Gasteiger partial charge < -0.3 is 10.6 Å². The topological polar surface area (TPSA) is 24.1 Å². The molecule has 94 valence electrons. The Balaban J connectivity index is 1.77. The SMILES string of the molecule is Cc1ccc(CNCC2CCNCC2)c(C)c1. The zero-order chi connectivity index (χ0) is 12.1. The molecule has 0 saturated carbocycles. The zero-order valence-corrected chi connectivity index (χ0v) is 11.1. The van der Waals surface area contributed by atoms with Gasteiger partial charge in [0.25, 0.3) is 0 Å². The number of aryl methyl sites for hydroxylation is 2. The second-order valence-corrected chi connectivity index (χ2v) is 5.25. The van der Waals surface area contributed by atoms with Gasteiger partial charge in [-0.3, -0.25) is 0 Å². The monoisotopic (exact) mass is 232 g/mol. The highest BCUT2D eigenvalue weighted by molar-refractivity contribution is 5.30. The molecule has 0 spiro atoms. The zero-order valence-electron chi connectivity index (χ0n) is 11.1. The fraction of sp³-hybridized carbons (Fsp3) is 0.600. The Bertz CT molecular complexity index is 354. The van der Waals surface area contributed by atoms with E-state index in [4.69, 9.17) is 0 Å². The molecule has 2 rings (SSSR count). The minimum absolute atomic E-state index is 0.863. The minimum Gasteiger partial charge on any atom is -0.317 e. The van der Waals surface area contributed by atoms with Crippen molar-refractivity contribution in [1.29, 1.82) is 0 Å². The summed E-state index contributed by atoms with van der Waals surface area (Å²) in [5.74, 6) is 0.863. The molecule has 17 heavy (non-hydrogen) atoms. The number of benzene rings is 1. The van der Waals surface area contributed by atoms with Crippen LogP contribution in [0, 0.1) is 19.8 Å². The predicted molar refractivity (Wildman–Crippen MR) is 73.2 cm³/mol. The molecular formula is C15H24N2. The van der Waals surface area contributed by atoms with Crippen LogP contribution in [0.5, 0.6) is 0 Å². The number of piperidine rings is 1. The molecular weight excluding hydrogens is 208 g/mol. The summed E-state index contributed by atoms with van der Waals surface area (Å²) in [5, 5.41) is 7.01. The van der Waals surface area contributed by atoms with Crippen LogP contribution in [-0.4, -0.2) is 19.6 Å². The van der Waals surface area contributed by atoms with Gasteiger partial charge in [0.1, 0.15) is 0 Å². The number of hydrogen-bond acceptors (Lipinski definition) is 2. The fourth-order valence-corrected chi connectivity index (χ4v) is 2.54. The highest BCUT2D eigenvalue weighted by atomic mass is 14.9. The molecule has 1 aliphatic heterocycles. The first-order chi connectivity index (χ1) is 8.25. The van der Waals surface area contributed by atoms with E-state index in [1.54, 1.807) is 0 Å². The Hall–Kier alpha value is -0.860. The molecule has 1 fully saturated rings. The van der Waals surface area contributed by atoms with Crippen molar-refractivity contribution in [2.45, 2.75) is 33.2 Å². The maximum Gasteiger partial charge on any atom is 0.0208 e. The van der Waals surface area contributed by atoms with E-state index in [9.17, 15) is 0 Å². The maximum atomic E-state index is 3.60. The van der Waals surface area contributed by atoms with Crippen molar-refractivity contribution in [1.82, 2.24) is 10.6 Å². The summed E-state index contributed by atoms with van der Waals surface area (Å²) in [5.41, 5.74) is 4.19. The lowest BCUT2D eigenvalue weighted by atomic mass is 9.98. The average Bonchev–Trinajstić information content (AvgIpc) is 2.33. The van der Waals surface area contributed by atoms with Gasteiger partial charge in [0.15, 0.2) is 0 Å². The lowest BCUT2D eigenvalue weighted by Crippen LogP contribution is -2.33. The molecule has 1 aromatic carbocycles. The molecule has 1 aliphatic rings. The molecule has 0 amide bonds. The third-order valence-corrected chi connectivity index (χ3v) is 3.71. The van der Waals surface area contributed by atoms with Crippen LogP contribution in [0.25, 0.3) is 0 Å². The quantitative estimate of drug-likeness (QED) is 0.833. The molecule has 0 bridgehead atoms. The molecule has 1 saturated heterocycles. The molecule has 0 atom stereocenters. The molecule has 0 unspecified atom stereocenters. The van der Waals surface area contributed by atoms with Crippen LogP contribution in [0.4, 0.5) is 0 Å². The summed E-state index contributed by atoms with van der Waals surface area (Å²) >= 11 is 0. The summed E-state index contributed by atoms with van der Waals surface area (Å²) < 4.78 is 0. The highest BCUT2D eigenvalue weighted by Gasteiger charge is 2.12. The summed E-state index contributed by atoms with van der Waals surface area (Å²) in [6.45, 7) is 8.91. The first-order valence-electron chi connectivity index (χ1n) is 6.73. The Morgan fingerprint density at radius 1 is 1.24 bits per heavy atom. The molecule has 0 radical (unpaired) electrons. The van der Waals surface area contributed by atoms with E-state index in [1.165, 1.54) is 42.6 Å². The van der Waals surface area contributed by atoms with Crippen molar-refractivity contribution >= 4 is 0 Å². The van der Waals surface area contributed by atoms with E-state index in [0.29, 0.717) is 0 Å². The van der Waals surface area contributed by atoms with Gasteiger partial charge in [-0.1, -0.05) is 23.8 Å². The van der Waals surface area contributed by atoms with Crippen LogP contribution < -0.4 is 10.6 Å². The molecule has 2 heteroatoms. The van der Waals surface area contributed by atoms with Crippen molar-refractivity contribution < 1.29 is 0 Å². The normalized spacial score (nSPS) is 17.3. The molecule has 1 heterocycles. The van der Waals surface area contributed by atoms with Crippen molar-refractivity contribution in [3.05, 3.63) is 34.9 Å². The summed E-state index contributed by atoms with van der Waals surface area (Å²) in [7, 11) is 0. The minimum atomic E-state index is 0.863. The molecule has 0 aliphatic carbocycles. The van der Waals surface area contributed by atoms with Crippen molar-refractivity contribution in [2.24, 2.45) is 5.92 Å². The Kier molecular flexibility index (Phi) is 4.57. The van der Waals surface area contributed by atoms with Crippen LogP contribution in [0.2, 0.25) is 0 Å². The molecule has 2 N–H and O–H groups in total. The molecule has 2 nitrogen and oxygen atoms in total. The van der Waals surface area contributed by atoms with Crippen LogP contribution in [0.15, 0.2) is 18.2 Å². The van der Waals surface area contributed by atoms with E-state index >= 15 is 0 Å². The van der Waals surface area contributed by atoms with E-state index < -0.39 is 0 Å². The lowest BCUT2D eigenvalue weighted by molar-refractivity contribution is 0.356. The maximum absolute atomic E-state index is 3.60. The second-order valence-electron chi connectivity index (χ2n) is 5.25. The van der Waals surface area contributed by atoms with Gasteiger partial charge in [-0.2, -0.15) is 0 Å². The largest absolute Gasteiger partial charge is 0.317 e. The van der Waals surface area contributed by atoms with E-state index in [0.717, 1.165) is 19.0 Å². The third-order valence-electron chi connectivity index (χ3n) is 3.71. The van der Waals surface area contributed by atoms with E-state index in [2.05, 4.69) is 42.7 Å². The van der Waals surface area contributed by atoms with E-state index in [1.807, 2.05) is 0 Å². The molecule has 1 aromatic rings. The van der Waals surface area contributed by atoms with Crippen LogP contribution in [0.3, 0.4) is 0 Å². The van der Waals surface area contributed by atoms with Gasteiger partial charge in [0, 0.05) is 6.54 Å². The van der Waals surface area contributed by atoms with Crippen molar-refractivity contribution in [2.75, 3.05) is 19.6 Å². The summed E-state index contributed by atoms with van der Waals surface area (Å²) in [6.07, 6.45) is 2.64.